The number of benzene rings is 2. The molecule has 2 aromatic carbocycles. The smallest absolute Gasteiger partial charge is 0.216 e. The molecule has 0 aliphatic carbocycles. The molecular weight excluding hydrogens is 332 g/mol. The summed E-state index contributed by atoms with van der Waals surface area (Å²) in [5.74, 6) is 0.0146. The Morgan fingerprint density at radius 2 is 1.64 bits per heavy atom. The standard InChI is InChI=1S/C20H26N2O2S/c1-17-7-9-18(10-8-17)16-25(23,24)21-14-19-5-4-6-20(13-19)15-22-11-2-3-12-22/h4-10,13,21H,2-3,11-12,14-16H2,1H3. The summed E-state index contributed by atoms with van der Waals surface area (Å²) < 4.78 is 27.3. The van der Waals surface area contributed by atoms with Crippen LogP contribution in [0, 0.1) is 6.92 Å². The highest BCUT2D eigenvalue weighted by Crippen LogP contribution is 2.14. The van der Waals surface area contributed by atoms with Gasteiger partial charge in [0.2, 0.25) is 10.0 Å². The molecule has 5 heteroatoms. The Hall–Kier alpha value is -1.69. The van der Waals surface area contributed by atoms with Crippen LogP contribution in [0.5, 0.6) is 0 Å². The van der Waals surface area contributed by atoms with Gasteiger partial charge in [0.15, 0.2) is 0 Å². The number of aryl methyl sites for hydroxylation is 1. The SMILES string of the molecule is Cc1ccc(CS(=O)(=O)NCc2cccc(CN3CCCC3)c2)cc1. The van der Waals surface area contributed by atoms with Crippen LogP contribution < -0.4 is 4.72 Å². The number of sulfonamides is 1. The molecule has 25 heavy (non-hydrogen) atoms. The van der Waals surface area contributed by atoms with E-state index in [2.05, 4.69) is 21.8 Å². The van der Waals surface area contributed by atoms with Crippen LogP contribution in [0.15, 0.2) is 48.5 Å². The van der Waals surface area contributed by atoms with Gasteiger partial charge in [-0.15, -0.1) is 0 Å². The van der Waals surface area contributed by atoms with Gasteiger partial charge in [-0.05, 0) is 49.5 Å². The van der Waals surface area contributed by atoms with E-state index in [-0.39, 0.29) is 5.75 Å². The molecule has 1 aliphatic heterocycles. The molecular formula is C20H26N2O2S. The minimum Gasteiger partial charge on any atom is -0.299 e. The molecule has 134 valence electrons. The lowest BCUT2D eigenvalue weighted by molar-refractivity contribution is 0.331. The van der Waals surface area contributed by atoms with Gasteiger partial charge < -0.3 is 0 Å². The molecule has 2 aromatic rings. The molecule has 1 heterocycles. The molecule has 1 aliphatic rings. The third-order valence-corrected chi connectivity index (χ3v) is 5.87. The molecule has 1 saturated heterocycles. The highest BCUT2D eigenvalue weighted by atomic mass is 32.2. The zero-order chi connectivity index (χ0) is 17.7. The zero-order valence-electron chi connectivity index (χ0n) is 14.7. The number of likely N-dealkylation sites (tertiary alicyclic amines) is 1. The molecule has 0 spiro atoms. The Labute approximate surface area is 150 Å². The van der Waals surface area contributed by atoms with E-state index in [1.807, 2.05) is 43.3 Å². The number of hydrogen-bond donors (Lipinski definition) is 1. The molecule has 1 fully saturated rings. The van der Waals surface area contributed by atoms with E-state index in [1.54, 1.807) is 0 Å². The van der Waals surface area contributed by atoms with Gasteiger partial charge in [0.05, 0.1) is 5.75 Å². The fourth-order valence-electron chi connectivity index (χ4n) is 3.18. The summed E-state index contributed by atoms with van der Waals surface area (Å²) in [6.45, 7) is 5.60. The molecule has 3 rings (SSSR count). The Bertz CT molecular complexity index is 795. The van der Waals surface area contributed by atoms with Gasteiger partial charge in [0, 0.05) is 13.1 Å². The van der Waals surface area contributed by atoms with Crippen LogP contribution in [0.1, 0.15) is 35.1 Å². The van der Waals surface area contributed by atoms with Crippen LogP contribution in [-0.4, -0.2) is 26.4 Å². The molecule has 0 atom stereocenters. The van der Waals surface area contributed by atoms with Crippen LogP contribution in [0.2, 0.25) is 0 Å². The van der Waals surface area contributed by atoms with Gasteiger partial charge in [-0.3, -0.25) is 4.90 Å². The Morgan fingerprint density at radius 3 is 2.36 bits per heavy atom. The van der Waals surface area contributed by atoms with E-state index in [0.29, 0.717) is 6.54 Å². The minimum atomic E-state index is -3.34. The summed E-state index contributed by atoms with van der Waals surface area (Å²) in [7, 11) is -3.34. The number of nitrogens with zero attached hydrogens (tertiary/aromatic N) is 1. The van der Waals surface area contributed by atoms with Gasteiger partial charge in [-0.1, -0.05) is 54.1 Å². The van der Waals surface area contributed by atoms with E-state index in [4.69, 9.17) is 0 Å². The summed E-state index contributed by atoms with van der Waals surface area (Å²) in [5.41, 5.74) is 4.19. The lowest BCUT2D eigenvalue weighted by Crippen LogP contribution is -2.25. The normalized spacial score (nSPS) is 15.6. The molecule has 0 radical (unpaired) electrons. The summed E-state index contributed by atoms with van der Waals surface area (Å²) in [5, 5.41) is 0. The Balaban J connectivity index is 1.57. The first-order valence-corrected chi connectivity index (χ1v) is 10.5. The first-order chi connectivity index (χ1) is 12.0. The third-order valence-electron chi connectivity index (χ3n) is 4.57. The van der Waals surface area contributed by atoms with Crippen molar-refractivity contribution in [3.05, 3.63) is 70.8 Å². The van der Waals surface area contributed by atoms with E-state index in [1.165, 1.54) is 18.4 Å². The lowest BCUT2D eigenvalue weighted by Gasteiger charge is -2.15. The van der Waals surface area contributed by atoms with Crippen LogP contribution in [-0.2, 0) is 28.9 Å². The average molecular weight is 359 g/mol. The van der Waals surface area contributed by atoms with Crippen molar-refractivity contribution in [2.24, 2.45) is 0 Å². The second-order valence-electron chi connectivity index (χ2n) is 6.87. The van der Waals surface area contributed by atoms with Crippen molar-refractivity contribution in [1.82, 2.24) is 9.62 Å². The maximum absolute atomic E-state index is 12.3. The topological polar surface area (TPSA) is 49.4 Å². The van der Waals surface area contributed by atoms with Gasteiger partial charge in [-0.25, -0.2) is 13.1 Å². The van der Waals surface area contributed by atoms with Crippen molar-refractivity contribution in [2.45, 2.75) is 38.6 Å². The number of nitrogens with one attached hydrogen (secondary N) is 1. The monoisotopic (exact) mass is 358 g/mol. The largest absolute Gasteiger partial charge is 0.299 e. The van der Waals surface area contributed by atoms with Crippen LogP contribution in [0.25, 0.3) is 0 Å². The van der Waals surface area contributed by atoms with Gasteiger partial charge in [0.1, 0.15) is 0 Å². The van der Waals surface area contributed by atoms with Gasteiger partial charge >= 0.3 is 0 Å². The second kappa shape index (κ2) is 8.13. The first-order valence-electron chi connectivity index (χ1n) is 8.83. The minimum absolute atomic E-state index is 0.0146. The summed E-state index contributed by atoms with van der Waals surface area (Å²) in [4.78, 5) is 2.45. The lowest BCUT2D eigenvalue weighted by atomic mass is 10.1. The van der Waals surface area contributed by atoms with Crippen molar-refractivity contribution in [3.63, 3.8) is 0 Å². The maximum Gasteiger partial charge on any atom is 0.216 e. The summed E-state index contributed by atoms with van der Waals surface area (Å²) in [6, 6.07) is 15.8. The van der Waals surface area contributed by atoms with E-state index < -0.39 is 10.0 Å². The predicted molar refractivity (Wildman–Crippen MR) is 102 cm³/mol. The van der Waals surface area contributed by atoms with E-state index in [0.717, 1.165) is 36.3 Å². The first kappa shape index (κ1) is 18.1. The van der Waals surface area contributed by atoms with Gasteiger partial charge in [-0.2, -0.15) is 0 Å². The zero-order valence-corrected chi connectivity index (χ0v) is 15.6. The quantitative estimate of drug-likeness (QED) is 0.827. The van der Waals surface area contributed by atoms with Crippen LogP contribution in [0.4, 0.5) is 0 Å². The number of hydrogen-bond acceptors (Lipinski definition) is 3. The summed E-state index contributed by atoms with van der Waals surface area (Å²) in [6.07, 6.45) is 2.55. The van der Waals surface area contributed by atoms with Crippen LogP contribution in [0.3, 0.4) is 0 Å². The Kier molecular flexibility index (Phi) is 5.89. The third kappa shape index (κ3) is 5.66. The molecule has 0 aromatic heterocycles. The van der Waals surface area contributed by atoms with E-state index >= 15 is 0 Å². The van der Waals surface area contributed by atoms with E-state index in [9.17, 15) is 8.42 Å². The van der Waals surface area contributed by atoms with Crippen molar-refractivity contribution < 1.29 is 8.42 Å². The Morgan fingerprint density at radius 1 is 0.960 bits per heavy atom. The molecule has 0 saturated carbocycles. The molecule has 0 bridgehead atoms. The number of rotatable bonds is 7. The summed E-state index contributed by atoms with van der Waals surface area (Å²) >= 11 is 0. The molecule has 0 amide bonds. The molecule has 4 nitrogen and oxygen atoms in total. The maximum atomic E-state index is 12.3. The van der Waals surface area contributed by atoms with Crippen molar-refractivity contribution in [3.8, 4) is 0 Å². The highest BCUT2D eigenvalue weighted by Gasteiger charge is 2.13. The molecule has 1 N–H and O–H groups in total. The fourth-order valence-corrected chi connectivity index (χ4v) is 4.30. The van der Waals surface area contributed by atoms with Crippen molar-refractivity contribution in [1.29, 1.82) is 0 Å². The highest BCUT2D eigenvalue weighted by molar-refractivity contribution is 7.88. The van der Waals surface area contributed by atoms with Crippen molar-refractivity contribution in [2.75, 3.05) is 13.1 Å². The van der Waals surface area contributed by atoms with Gasteiger partial charge in [0.25, 0.3) is 0 Å². The van der Waals surface area contributed by atoms with Crippen LogP contribution >= 0.6 is 0 Å². The van der Waals surface area contributed by atoms with Crippen molar-refractivity contribution >= 4 is 10.0 Å². The predicted octanol–water partition coefficient (Wildman–Crippen LogP) is 3.21. The fraction of sp³-hybridized carbons (Fsp3) is 0.400. The second-order valence-corrected chi connectivity index (χ2v) is 8.68. The molecule has 0 unspecified atom stereocenters. The average Bonchev–Trinajstić information content (AvgIpc) is 3.08.